The van der Waals surface area contributed by atoms with Gasteiger partial charge in [-0.05, 0) is 32.1 Å². The van der Waals surface area contributed by atoms with Crippen LogP contribution in [-0.2, 0) is 14.8 Å². The van der Waals surface area contributed by atoms with Gasteiger partial charge in [0.25, 0.3) is 0 Å². The lowest BCUT2D eigenvalue weighted by atomic mass is 9.98. The van der Waals surface area contributed by atoms with E-state index in [1.807, 2.05) is 6.92 Å². The second-order valence-electron chi connectivity index (χ2n) is 4.56. The van der Waals surface area contributed by atoms with Gasteiger partial charge in [-0.15, -0.1) is 0 Å². The molecule has 0 radical (unpaired) electrons. The van der Waals surface area contributed by atoms with Crippen LogP contribution in [0.1, 0.15) is 39.5 Å². The van der Waals surface area contributed by atoms with Crippen molar-refractivity contribution < 1.29 is 18.3 Å². The van der Waals surface area contributed by atoms with Crippen LogP contribution in [0.25, 0.3) is 0 Å². The highest BCUT2D eigenvalue weighted by Crippen LogP contribution is 2.40. The number of rotatable bonds is 7. The average molecular weight is 249 g/mol. The third-order valence-electron chi connectivity index (χ3n) is 2.97. The Balaban J connectivity index is 2.72. The van der Waals surface area contributed by atoms with Gasteiger partial charge in [-0.2, -0.15) is 4.72 Å². The summed E-state index contributed by atoms with van der Waals surface area (Å²) in [5, 5.41) is 9.10. The summed E-state index contributed by atoms with van der Waals surface area (Å²) in [5.74, 6) is -1.16. The van der Waals surface area contributed by atoms with Gasteiger partial charge in [0, 0.05) is 0 Å². The van der Waals surface area contributed by atoms with Gasteiger partial charge in [0.2, 0.25) is 10.0 Å². The zero-order valence-corrected chi connectivity index (χ0v) is 10.5. The topological polar surface area (TPSA) is 83.5 Å². The van der Waals surface area contributed by atoms with Crippen molar-refractivity contribution >= 4 is 16.0 Å². The van der Waals surface area contributed by atoms with E-state index in [0.717, 1.165) is 19.3 Å². The zero-order valence-electron chi connectivity index (χ0n) is 9.69. The van der Waals surface area contributed by atoms with E-state index >= 15 is 0 Å². The lowest BCUT2D eigenvalue weighted by molar-refractivity contribution is -0.144. The van der Waals surface area contributed by atoms with Crippen molar-refractivity contribution in [1.29, 1.82) is 0 Å². The molecule has 1 fully saturated rings. The summed E-state index contributed by atoms with van der Waals surface area (Å²) in [6.45, 7) is 3.35. The Hall–Kier alpha value is -0.620. The van der Waals surface area contributed by atoms with E-state index in [1.54, 1.807) is 0 Å². The van der Waals surface area contributed by atoms with Crippen molar-refractivity contribution in [3.63, 3.8) is 0 Å². The van der Waals surface area contributed by atoms with Gasteiger partial charge in [0.15, 0.2) is 0 Å². The molecule has 0 spiro atoms. The number of unbranched alkanes of at least 4 members (excludes halogenated alkanes) is 1. The average Bonchev–Trinajstić information content (AvgIpc) is 2.97. The fourth-order valence-electron chi connectivity index (χ4n) is 1.67. The van der Waals surface area contributed by atoms with Crippen molar-refractivity contribution in [2.24, 2.45) is 5.92 Å². The van der Waals surface area contributed by atoms with Crippen LogP contribution in [0, 0.1) is 5.92 Å². The number of hydrogen-bond acceptors (Lipinski definition) is 3. The highest BCUT2D eigenvalue weighted by Gasteiger charge is 2.49. The standard InChI is InChI=1S/C10H19NO4S/c1-3-4-7-16(14,15)11-10(2,9(12)13)8-5-6-8/h8,11H,3-7H2,1-2H3,(H,12,13). The van der Waals surface area contributed by atoms with Gasteiger partial charge in [-0.25, -0.2) is 8.42 Å². The molecule has 0 aromatic heterocycles. The molecule has 1 saturated carbocycles. The van der Waals surface area contributed by atoms with Crippen LogP contribution in [0.3, 0.4) is 0 Å². The quantitative estimate of drug-likeness (QED) is 0.704. The predicted molar refractivity (Wildman–Crippen MR) is 60.6 cm³/mol. The molecule has 16 heavy (non-hydrogen) atoms. The highest BCUT2D eigenvalue weighted by atomic mass is 32.2. The molecule has 94 valence electrons. The Labute approximate surface area is 96.3 Å². The zero-order chi connectivity index (χ0) is 12.4. The van der Waals surface area contributed by atoms with E-state index < -0.39 is 21.5 Å². The second-order valence-corrected chi connectivity index (χ2v) is 6.40. The Bertz CT molecular complexity index is 361. The molecule has 0 amide bonds. The summed E-state index contributed by atoms with van der Waals surface area (Å²) in [4.78, 5) is 11.1. The van der Waals surface area contributed by atoms with Crippen LogP contribution in [-0.4, -0.2) is 30.8 Å². The highest BCUT2D eigenvalue weighted by molar-refractivity contribution is 7.89. The fraction of sp³-hybridized carbons (Fsp3) is 0.900. The van der Waals surface area contributed by atoms with E-state index in [9.17, 15) is 13.2 Å². The normalized spacial score (nSPS) is 20.4. The monoisotopic (exact) mass is 249 g/mol. The Morgan fingerprint density at radius 1 is 1.50 bits per heavy atom. The van der Waals surface area contributed by atoms with Gasteiger partial charge >= 0.3 is 5.97 Å². The van der Waals surface area contributed by atoms with Crippen LogP contribution < -0.4 is 4.72 Å². The molecule has 6 heteroatoms. The maximum absolute atomic E-state index is 11.7. The number of nitrogens with one attached hydrogen (secondary N) is 1. The first-order valence-corrected chi connectivity index (χ1v) is 7.22. The summed E-state index contributed by atoms with van der Waals surface area (Å²) >= 11 is 0. The summed E-state index contributed by atoms with van der Waals surface area (Å²) in [6, 6.07) is 0. The maximum atomic E-state index is 11.7. The van der Waals surface area contributed by atoms with Crippen molar-refractivity contribution in [3.8, 4) is 0 Å². The molecule has 1 atom stereocenters. The van der Waals surface area contributed by atoms with Crippen molar-refractivity contribution in [2.75, 3.05) is 5.75 Å². The Morgan fingerprint density at radius 2 is 2.06 bits per heavy atom. The molecular formula is C10H19NO4S. The molecule has 0 aromatic carbocycles. The van der Waals surface area contributed by atoms with Gasteiger partial charge in [0.1, 0.15) is 5.54 Å². The first-order valence-electron chi connectivity index (χ1n) is 5.57. The lowest BCUT2D eigenvalue weighted by Gasteiger charge is -2.25. The summed E-state index contributed by atoms with van der Waals surface area (Å²) in [6.07, 6.45) is 2.88. The second kappa shape index (κ2) is 4.71. The van der Waals surface area contributed by atoms with Crippen molar-refractivity contribution in [3.05, 3.63) is 0 Å². The molecule has 1 aliphatic rings. The SMILES string of the molecule is CCCCS(=O)(=O)NC(C)(C(=O)O)C1CC1. The first kappa shape index (κ1) is 13.4. The number of sulfonamides is 1. The fourth-order valence-corrected chi connectivity index (χ4v) is 3.34. The summed E-state index contributed by atoms with van der Waals surface area (Å²) < 4.78 is 25.7. The number of carboxylic acid groups (broad SMARTS) is 1. The molecule has 0 aromatic rings. The molecule has 1 unspecified atom stereocenters. The third-order valence-corrected chi connectivity index (χ3v) is 4.53. The van der Waals surface area contributed by atoms with Crippen LogP contribution >= 0.6 is 0 Å². The van der Waals surface area contributed by atoms with Gasteiger partial charge < -0.3 is 5.11 Å². The molecule has 0 aliphatic heterocycles. The summed E-state index contributed by atoms with van der Waals surface area (Å²) in [5.41, 5.74) is -1.33. The molecule has 0 heterocycles. The molecule has 5 nitrogen and oxygen atoms in total. The molecule has 1 rings (SSSR count). The van der Waals surface area contributed by atoms with E-state index in [1.165, 1.54) is 6.92 Å². The van der Waals surface area contributed by atoms with E-state index in [2.05, 4.69) is 4.72 Å². The van der Waals surface area contributed by atoms with E-state index in [4.69, 9.17) is 5.11 Å². The van der Waals surface area contributed by atoms with Crippen LogP contribution in [0.15, 0.2) is 0 Å². The van der Waals surface area contributed by atoms with Gasteiger partial charge in [0.05, 0.1) is 5.75 Å². The Morgan fingerprint density at radius 3 is 2.44 bits per heavy atom. The van der Waals surface area contributed by atoms with E-state index in [-0.39, 0.29) is 11.7 Å². The predicted octanol–water partition coefficient (Wildman–Crippen LogP) is 0.959. The van der Waals surface area contributed by atoms with Gasteiger partial charge in [-0.3, -0.25) is 4.79 Å². The van der Waals surface area contributed by atoms with Gasteiger partial charge in [-0.1, -0.05) is 13.3 Å². The summed E-state index contributed by atoms with van der Waals surface area (Å²) in [7, 11) is -3.48. The molecule has 0 bridgehead atoms. The number of carboxylic acids is 1. The largest absolute Gasteiger partial charge is 0.480 e. The lowest BCUT2D eigenvalue weighted by Crippen LogP contribution is -2.54. The number of aliphatic carboxylic acids is 1. The third kappa shape index (κ3) is 3.18. The number of carbonyl (C=O) groups is 1. The first-order chi connectivity index (χ1) is 7.32. The van der Waals surface area contributed by atoms with Crippen molar-refractivity contribution in [1.82, 2.24) is 4.72 Å². The van der Waals surface area contributed by atoms with Crippen LogP contribution in [0.2, 0.25) is 0 Å². The molecule has 0 saturated heterocycles. The van der Waals surface area contributed by atoms with E-state index in [0.29, 0.717) is 6.42 Å². The van der Waals surface area contributed by atoms with Crippen molar-refractivity contribution in [2.45, 2.75) is 45.1 Å². The van der Waals surface area contributed by atoms with Crippen LogP contribution in [0.5, 0.6) is 0 Å². The molecule has 1 aliphatic carbocycles. The minimum atomic E-state index is -3.48. The number of hydrogen-bond donors (Lipinski definition) is 2. The Kier molecular flexibility index (Phi) is 3.96. The molecular weight excluding hydrogens is 230 g/mol. The smallest absolute Gasteiger partial charge is 0.324 e. The van der Waals surface area contributed by atoms with Crippen LogP contribution in [0.4, 0.5) is 0 Å². The maximum Gasteiger partial charge on any atom is 0.324 e. The molecule has 2 N–H and O–H groups in total. The minimum Gasteiger partial charge on any atom is -0.480 e. The minimum absolute atomic E-state index is 0.000903.